The second-order valence-electron chi connectivity index (χ2n) is 6.66. The van der Waals surface area contributed by atoms with Crippen LogP contribution in [0.1, 0.15) is 52.9 Å². The molecule has 0 radical (unpaired) electrons. The molecule has 0 bridgehead atoms. The third kappa shape index (κ3) is 8.93. The van der Waals surface area contributed by atoms with Crippen LogP contribution in [0.5, 0.6) is 0 Å². The van der Waals surface area contributed by atoms with E-state index in [-0.39, 0.29) is 6.10 Å². The highest BCUT2D eigenvalue weighted by Crippen LogP contribution is 2.28. The van der Waals surface area contributed by atoms with E-state index >= 15 is 0 Å². The van der Waals surface area contributed by atoms with Crippen LogP contribution < -0.4 is 5.32 Å². The molecule has 0 spiro atoms. The molecule has 6 nitrogen and oxygen atoms in total. The van der Waals surface area contributed by atoms with Crippen molar-refractivity contribution in [2.75, 3.05) is 12.8 Å². The highest BCUT2D eigenvalue weighted by Gasteiger charge is 2.24. The van der Waals surface area contributed by atoms with Gasteiger partial charge in [0.2, 0.25) is 0 Å². The van der Waals surface area contributed by atoms with Crippen molar-refractivity contribution in [2.45, 2.75) is 64.6 Å². The van der Waals surface area contributed by atoms with Crippen molar-refractivity contribution in [3.63, 3.8) is 0 Å². The first-order chi connectivity index (χ1) is 9.55. The van der Waals surface area contributed by atoms with Gasteiger partial charge in [-0.3, -0.25) is 4.18 Å². The van der Waals surface area contributed by atoms with Gasteiger partial charge in [0, 0.05) is 6.54 Å². The fourth-order valence-electron chi connectivity index (χ4n) is 2.46. The normalized spacial score (nSPS) is 23.6. The number of rotatable bonds is 5. The van der Waals surface area contributed by atoms with Gasteiger partial charge in [0.15, 0.2) is 0 Å². The van der Waals surface area contributed by atoms with Gasteiger partial charge in [0.25, 0.3) is 10.1 Å². The summed E-state index contributed by atoms with van der Waals surface area (Å²) in [5, 5.41) is 2.75. The van der Waals surface area contributed by atoms with Crippen molar-refractivity contribution in [3.05, 3.63) is 0 Å². The lowest BCUT2D eigenvalue weighted by Gasteiger charge is -2.27. The lowest BCUT2D eigenvalue weighted by molar-refractivity contribution is 0.0521. The zero-order chi connectivity index (χ0) is 16.1. The predicted octanol–water partition coefficient (Wildman–Crippen LogP) is 2.44. The number of amides is 1. The average Bonchev–Trinajstić information content (AvgIpc) is 2.27. The Morgan fingerprint density at radius 3 is 2.24 bits per heavy atom. The first-order valence-electron chi connectivity index (χ1n) is 7.40. The molecule has 1 saturated carbocycles. The van der Waals surface area contributed by atoms with Gasteiger partial charge in [0.05, 0.1) is 12.4 Å². The van der Waals surface area contributed by atoms with Crippen molar-refractivity contribution in [1.29, 1.82) is 0 Å². The number of ether oxygens (including phenoxy) is 1. The second kappa shape index (κ2) is 7.45. The quantitative estimate of drug-likeness (QED) is 0.787. The Morgan fingerprint density at radius 1 is 1.19 bits per heavy atom. The molecular formula is C14H27NO5S. The van der Waals surface area contributed by atoms with E-state index in [1.807, 2.05) is 20.8 Å². The van der Waals surface area contributed by atoms with E-state index in [1.54, 1.807) is 0 Å². The molecule has 0 aliphatic heterocycles. The molecule has 1 fully saturated rings. The average molecular weight is 321 g/mol. The van der Waals surface area contributed by atoms with Gasteiger partial charge < -0.3 is 10.1 Å². The van der Waals surface area contributed by atoms with E-state index in [0.29, 0.717) is 12.5 Å². The maximum atomic E-state index is 11.5. The Bertz CT molecular complexity index is 433. The lowest BCUT2D eigenvalue weighted by Crippen LogP contribution is -2.34. The van der Waals surface area contributed by atoms with Crippen LogP contribution in [0.25, 0.3) is 0 Å². The molecule has 1 aliphatic carbocycles. The molecule has 21 heavy (non-hydrogen) atoms. The number of alkyl carbamates (subject to hydrolysis) is 1. The smallest absolute Gasteiger partial charge is 0.407 e. The molecule has 1 rings (SSSR count). The van der Waals surface area contributed by atoms with Gasteiger partial charge in [-0.25, -0.2) is 4.79 Å². The first kappa shape index (κ1) is 18.2. The van der Waals surface area contributed by atoms with Gasteiger partial charge in [-0.2, -0.15) is 8.42 Å². The maximum Gasteiger partial charge on any atom is 0.407 e. The summed E-state index contributed by atoms with van der Waals surface area (Å²) in [5.41, 5.74) is -0.481. The maximum absolute atomic E-state index is 11.5. The molecule has 0 aromatic carbocycles. The predicted molar refractivity (Wildman–Crippen MR) is 80.5 cm³/mol. The zero-order valence-corrected chi connectivity index (χ0v) is 14.2. The van der Waals surface area contributed by atoms with Crippen LogP contribution in [-0.2, 0) is 19.0 Å². The fraction of sp³-hybridized carbons (Fsp3) is 0.929. The van der Waals surface area contributed by atoms with Gasteiger partial charge in [-0.1, -0.05) is 0 Å². The molecule has 7 heteroatoms. The number of carbonyl (C=O) groups is 1. The first-order valence-corrected chi connectivity index (χ1v) is 9.22. The molecule has 0 aromatic rings. The highest BCUT2D eigenvalue weighted by atomic mass is 32.2. The van der Waals surface area contributed by atoms with Crippen LogP contribution in [0, 0.1) is 5.92 Å². The summed E-state index contributed by atoms with van der Waals surface area (Å²) in [6, 6.07) is 0. The second-order valence-corrected chi connectivity index (χ2v) is 8.26. The van der Waals surface area contributed by atoms with Crippen LogP contribution >= 0.6 is 0 Å². The molecule has 1 amide bonds. The summed E-state index contributed by atoms with van der Waals surface area (Å²) < 4.78 is 32.3. The van der Waals surface area contributed by atoms with Crippen LogP contribution in [0.2, 0.25) is 0 Å². The fourth-order valence-corrected chi connectivity index (χ4v) is 3.14. The molecule has 0 atom stereocenters. The minimum atomic E-state index is -3.36. The number of nitrogens with one attached hydrogen (secondary N) is 1. The molecule has 1 N–H and O–H groups in total. The SMILES string of the molecule is CC(C)(C)OC(=O)NCC[C@H]1CC[C@@H](OS(C)(=O)=O)CC1. The highest BCUT2D eigenvalue weighted by molar-refractivity contribution is 7.86. The molecule has 0 heterocycles. The topological polar surface area (TPSA) is 81.7 Å². The van der Waals surface area contributed by atoms with Crippen molar-refractivity contribution in [3.8, 4) is 0 Å². The van der Waals surface area contributed by atoms with E-state index in [9.17, 15) is 13.2 Å². The lowest BCUT2D eigenvalue weighted by atomic mass is 9.85. The van der Waals surface area contributed by atoms with Gasteiger partial charge >= 0.3 is 6.09 Å². The molecule has 0 saturated heterocycles. The largest absolute Gasteiger partial charge is 0.444 e. The van der Waals surface area contributed by atoms with Gasteiger partial charge in [-0.15, -0.1) is 0 Å². The molecule has 124 valence electrons. The monoisotopic (exact) mass is 321 g/mol. The summed E-state index contributed by atoms with van der Waals surface area (Å²) in [5.74, 6) is 0.499. The Labute approximate surface area is 127 Å². The zero-order valence-electron chi connectivity index (χ0n) is 13.3. The van der Waals surface area contributed by atoms with E-state index in [2.05, 4.69) is 5.32 Å². The summed E-state index contributed by atoms with van der Waals surface area (Å²) in [6.07, 6.45) is 4.75. The van der Waals surface area contributed by atoms with Crippen LogP contribution in [-0.4, -0.2) is 39.0 Å². The molecule has 0 unspecified atom stereocenters. The van der Waals surface area contributed by atoms with Crippen molar-refractivity contribution in [1.82, 2.24) is 5.32 Å². The Morgan fingerprint density at radius 2 is 1.76 bits per heavy atom. The number of hydrogen-bond donors (Lipinski definition) is 1. The Kier molecular flexibility index (Phi) is 6.46. The molecule has 0 aromatic heterocycles. The summed E-state index contributed by atoms with van der Waals surface area (Å²) in [7, 11) is -3.36. The van der Waals surface area contributed by atoms with Crippen LogP contribution in [0.4, 0.5) is 4.79 Å². The van der Waals surface area contributed by atoms with Crippen LogP contribution in [0.3, 0.4) is 0 Å². The Balaban J connectivity index is 2.18. The third-order valence-corrected chi connectivity index (χ3v) is 3.95. The Hall–Kier alpha value is -0.820. The number of hydrogen-bond acceptors (Lipinski definition) is 5. The van der Waals surface area contributed by atoms with Crippen molar-refractivity contribution < 1.29 is 22.1 Å². The van der Waals surface area contributed by atoms with Gasteiger partial charge in [-0.05, 0) is 58.8 Å². The summed E-state index contributed by atoms with van der Waals surface area (Å²) in [4.78, 5) is 11.5. The van der Waals surface area contributed by atoms with E-state index in [0.717, 1.165) is 38.4 Å². The summed E-state index contributed by atoms with van der Waals surface area (Å²) >= 11 is 0. The minimum absolute atomic E-state index is 0.185. The van der Waals surface area contributed by atoms with Crippen molar-refractivity contribution in [2.24, 2.45) is 5.92 Å². The van der Waals surface area contributed by atoms with Crippen LogP contribution in [0.15, 0.2) is 0 Å². The molecular weight excluding hydrogens is 294 g/mol. The number of carbonyl (C=O) groups excluding carboxylic acids is 1. The van der Waals surface area contributed by atoms with Gasteiger partial charge in [0.1, 0.15) is 5.60 Å². The van der Waals surface area contributed by atoms with E-state index < -0.39 is 21.8 Å². The van der Waals surface area contributed by atoms with E-state index in [1.165, 1.54) is 0 Å². The van der Waals surface area contributed by atoms with Crippen molar-refractivity contribution >= 4 is 16.2 Å². The minimum Gasteiger partial charge on any atom is -0.444 e. The molecule has 1 aliphatic rings. The summed E-state index contributed by atoms with van der Waals surface area (Å²) in [6.45, 7) is 6.07. The van der Waals surface area contributed by atoms with E-state index in [4.69, 9.17) is 8.92 Å². The third-order valence-electron chi connectivity index (χ3n) is 3.33. The standard InChI is InChI=1S/C14H27NO5S/c1-14(2,3)19-13(16)15-10-9-11-5-7-12(8-6-11)20-21(4,17)18/h11-12H,5-10H2,1-4H3,(H,15,16)/t11-,12+.